The minimum Gasteiger partial charge on any atom is -0.479 e. The molecule has 32 heavy (non-hydrogen) atoms. The minimum absolute atomic E-state index is 0.0372. The molecular formula is C25H16Cl2N2O2S. The predicted octanol–water partition coefficient (Wildman–Crippen LogP) is 6.81. The number of thioether (sulfide) groups is 1. The molecule has 0 saturated carbocycles. The van der Waals surface area contributed by atoms with Crippen LogP contribution in [-0.2, 0) is 4.79 Å². The summed E-state index contributed by atoms with van der Waals surface area (Å²) in [4.78, 5) is 20.2. The van der Waals surface area contributed by atoms with Crippen LogP contribution >= 0.6 is 35.0 Å². The predicted molar refractivity (Wildman–Crippen MR) is 134 cm³/mol. The van der Waals surface area contributed by atoms with Crippen LogP contribution in [-0.4, -0.2) is 17.7 Å². The van der Waals surface area contributed by atoms with Crippen molar-refractivity contribution < 1.29 is 9.53 Å². The summed E-state index contributed by atoms with van der Waals surface area (Å²) in [5.41, 5.74) is 2.02. The number of amides is 1. The molecule has 3 aromatic rings. The first-order valence-corrected chi connectivity index (χ1v) is 11.1. The zero-order valence-electron chi connectivity index (χ0n) is 16.7. The van der Waals surface area contributed by atoms with Gasteiger partial charge in [0.05, 0.1) is 21.3 Å². The van der Waals surface area contributed by atoms with Crippen molar-refractivity contribution in [3.63, 3.8) is 0 Å². The highest BCUT2D eigenvalue weighted by molar-refractivity contribution is 8.19. The largest absolute Gasteiger partial charge is 0.479 e. The fraction of sp³-hybridized carbons (Fsp3) is 0.0400. The summed E-state index contributed by atoms with van der Waals surface area (Å²) in [7, 11) is 0. The number of amidine groups is 1. The van der Waals surface area contributed by atoms with Crippen LogP contribution in [0.15, 0.2) is 82.7 Å². The van der Waals surface area contributed by atoms with Crippen molar-refractivity contribution in [3.8, 4) is 18.1 Å². The summed E-state index contributed by atoms with van der Waals surface area (Å²) in [5, 5.41) is 1.27. The van der Waals surface area contributed by atoms with Crippen LogP contribution in [0.1, 0.15) is 5.56 Å². The third-order valence-electron chi connectivity index (χ3n) is 4.43. The van der Waals surface area contributed by atoms with E-state index in [2.05, 4.69) is 5.92 Å². The molecule has 0 spiro atoms. The number of anilines is 1. The van der Waals surface area contributed by atoms with Crippen molar-refractivity contribution in [2.24, 2.45) is 4.99 Å². The molecule has 0 radical (unpaired) electrons. The maximum atomic E-state index is 13.4. The van der Waals surface area contributed by atoms with Gasteiger partial charge in [-0.1, -0.05) is 65.5 Å². The Hall–Kier alpha value is -3.17. The van der Waals surface area contributed by atoms with E-state index in [4.69, 9.17) is 39.4 Å². The number of terminal acetylenes is 1. The lowest BCUT2D eigenvalue weighted by Gasteiger charge is -2.15. The number of hydrogen-bond acceptors (Lipinski definition) is 4. The van der Waals surface area contributed by atoms with Gasteiger partial charge < -0.3 is 4.74 Å². The smallest absolute Gasteiger partial charge is 0.271 e. The fourth-order valence-corrected chi connectivity index (χ4v) is 4.62. The Morgan fingerprint density at radius 2 is 1.75 bits per heavy atom. The second-order valence-electron chi connectivity index (χ2n) is 6.62. The molecule has 1 amide bonds. The Kier molecular flexibility index (Phi) is 6.87. The molecule has 1 saturated heterocycles. The average Bonchev–Trinajstić information content (AvgIpc) is 3.09. The lowest BCUT2D eigenvalue weighted by molar-refractivity contribution is -0.113. The van der Waals surface area contributed by atoms with Crippen molar-refractivity contribution >= 4 is 63.5 Å². The van der Waals surface area contributed by atoms with E-state index in [1.165, 1.54) is 11.8 Å². The zero-order valence-corrected chi connectivity index (χ0v) is 19.0. The maximum Gasteiger partial charge on any atom is 0.271 e. The van der Waals surface area contributed by atoms with Crippen LogP contribution in [0.3, 0.4) is 0 Å². The third kappa shape index (κ3) is 4.84. The number of nitrogens with zero attached hydrogens (tertiary/aromatic N) is 2. The molecule has 158 valence electrons. The Bertz CT molecular complexity index is 1250. The van der Waals surface area contributed by atoms with Gasteiger partial charge in [-0.15, -0.1) is 6.42 Å². The van der Waals surface area contributed by atoms with Crippen molar-refractivity contribution in [2.75, 3.05) is 11.5 Å². The van der Waals surface area contributed by atoms with Crippen LogP contribution in [0, 0.1) is 12.3 Å². The number of hydrogen-bond donors (Lipinski definition) is 0. The number of carbonyl (C=O) groups is 1. The number of para-hydroxylation sites is 2. The number of aliphatic imine (C=N–C) groups is 1. The van der Waals surface area contributed by atoms with Gasteiger partial charge in [0.25, 0.3) is 5.91 Å². The molecule has 1 aliphatic rings. The van der Waals surface area contributed by atoms with Crippen LogP contribution < -0.4 is 9.64 Å². The van der Waals surface area contributed by atoms with Crippen molar-refractivity contribution in [3.05, 3.63) is 93.3 Å². The monoisotopic (exact) mass is 478 g/mol. The van der Waals surface area contributed by atoms with E-state index in [-0.39, 0.29) is 12.5 Å². The van der Waals surface area contributed by atoms with E-state index < -0.39 is 0 Å². The van der Waals surface area contributed by atoms with Crippen LogP contribution in [0.2, 0.25) is 10.0 Å². The normalized spacial score (nSPS) is 15.9. The Morgan fingerprint density at radius 1 is 1.06 bits per heavy atom. The van der Waals surface area contributed by atoms with E-state index in [0.717, 1.165) is 11.4 Å². The molecular weight excluding hydrogens is 463 g/mol. The van der Waals surface area contributed by atoms with E-state index in [9.17, 15) is 4.79 Å². The fourth-order valence-electron chi connectivity index (χ4n) is 3.06. The van der Waals surface area contributed by atoms with E-state index in [1.807, 2.05) is 60.7 Å². The highest BCUT2D eigenvalue weighted by atomic mass is 35.5. The second kappa shape index (κ2) is 9.97. The number of ether oxygens (including phenoxy) is 1. The van der Waals surface area contributed by atoms with Gasteiger partial charge in [0, 0.05) is 10.6 Å². The summed E-state index contributed by atoms with van der Waals surface area (Å²) in [6.07, 6.45) is 7.02. The molecule has 3 aromatic carbocycles. The van der Waals surface area contributed by atoms with Gasteiger partial charge in [-0.3, -0.25) is 9.69 Å². The molecule has 0 unspecified atom stereocenters. The topological polar surface area (TPSA) is 41.9 Å². The molecule has 0 aliphatic carbocycles. The third-order valence-corrected chi connectivity index (χ3v) is 5.89. The van der Waals surface area contributed by atoms with E-state index in [0.29, 0.717) is 31.4 Å². The van der Waals surface area contributed by atoms with Crippen molar-refractivity contribution in [2.45, 2.75) is 0 Å². The quantitative estimate of drug-likeness (QED) is 0.298. The summed E-state index contributed by atoms with van der Waals surface area (Å²) in [5.74, 6) is 2.57. The van der Waals surface area contributed by atoms with Gasteiger partial charge in [-0.2, -0.15) is 0 Å². The Labute approximate surface area is 200 Å². The van der Waals surface area contributed by atoms with E-state index >= 15 is 0 Å². The van der Waals surface area contributed by atoms with Gasteiger partial charge in [-0.05, 0) is 54.2 Å². The molecule has 0 aromatic heterocycles. The van der Waals surface area contributed by atoms with Crippen molar-refractivity contribution in [1.82, 2.24) is 0 Å². The summed E-state index contributed by atoms with van der Waals surface area (Å²) in [6.45, 7) is 0.0372. The Balaban J connectivity index is 1.80. The van der Waals surface area contributed by atoms with Gasteiger partial charge in [0.1, 0.15) is 12.4 Å². The summed E-state index contributed by atoms with van der Waals surface area (Å²) >= 11 is 13.8. The number of benzene rings is 3. The van der Waals surface area contributed by atoms with Crippen LogP contribution in [0.25, 0.3) is 6.08 Å². The molecule has 0 bridgehead atoms. The summed E-state index contributed by atoms with van der Waals surface area (Å²) < 4.78 is 5.62. The molecule has 1 aliphatic heterocycles. The van der Waals surface area contributed by atoms with Crippen molar-refractivity contribution in [1.29, 1.82) is 0 Å². The lowest BCUT2D eigenvalue weighted by Crippen LogP contribution is -2.28. The molecule has 1 heterocycles. The maximum absolute atomic E-state index is 13.4. The first kappa shape index (κ1) is 22.0. The molecule has 7 heteroatoms. The van der Waals surface area contributed by atoms with Gasteiger partial charge in [0.15, 0.2) is 5.17 Å². The number of carbonyl (C=O) groups excluding carboxylic acids is 1. The summed E-state index contributed by atoms with van der Waals surface area (Å²) in [6, 6.07) is 22.1. The SMILES string of the molecule is C#CCOc1c(Cl)cc(Cl)cc1/C=C1/SC(=Nc2ccccc2)N(c2ccccc2)C1=O. The molecule has 0 atom stereocenters. The molecule has 0 N–H and O–H groups in total. The molecule has 4 nitrogen and oxygen atoms in total. The van der Waals surface area contributed by atoms with E-state index in [1.54, 1.807) is 23.1 Å². The molecule has 4 rings (SSSR count). The zero-order chi connectivity index (χ0) is 22.5. The highest BCUT2D eigenvalue weighted by Crippen LogP contribution is 2.40. The van der Waals surface area contributed by atoms with Crippen LogP contribution in [0.4, 0.5) is 11.4 Å². The van der Waals surface area contributed by atoms with Gasteiger partial charge in [0.2, 0.25) is 0 Å². The first-order valence-electron chi connectivity index (χ1n) is 9.55. The van der Waals surface area contributed by atoms with Gasteiger partial charge >= 0.3 is 0 Å². The second-order valence-corrected chi connectivity index (χ2v) is 8.47. The van der Waals surface area contributed by atoms with Gasteiger partial charge in [-0.25, -0.2) is 4.99 Å². The molecule has 1 fully saturated rings. The number of halogens is 2. The lowest BCUT2D eigenvalue weighted by atomic mass is 10.1. The minimum atomic E-state index is -0.213. The standard InChI is InChI=1S/C25H16Cl2N2O2S/c1-2-13-31-23-17(14-18(26)16-21(23)27)15-22-24(30)29(20-11-7-4-8-12-20)25(32-22)28-19-9-5-3-6-10-19/h1,3-12,14-16H,13H2/b22-15+,28-25?. The first-order chi connectivity index (χ1) is 15.6. The van der Waals surface area contributed by atoms with Crippen LogP contribution in [0.5, 0.6) is 5.75 Å². The average molecular weight is 479 g/mol. The number of rotatable bonds is 5. The Morgan fingerprint density at radius 3 is 2.44 bits per heavy atom. The highest BCUT2D eigenvalue weighted by Gasteiger charge is 2.35.